The second-order valence-electron chi connectivity index (χ2n) is 4.00. The summed E-state index contributed by atoms with van der Waals surface area (Å²) in [6, 6.07) is 8.25. The Kier molecular flexibility index (Phi) is 4.57. The molecule has 0 aliphatic heterocycles. The van der Waals surface area contributed by atoms with E-state index in [0.29, 0.717) is 5.92 Å². The molecule has 1 aromatic carbocycles. The van der Waals surface area contributed by atoms with E-state index in [4.69, 9.17) is 0 Å². The summed E-state index contributed by atoms with van der Waals surface area (Å²) in [4.78, 5) is 6.71. The third-order valence-corrected chi connectivity index (χ3v) is 2.76. The molecule has 0 saturated heterocycles. The Labute approximate surface area is 106 Å². The summed E-state index contributed by atoms with van der Waals surface area (Å²) < 4.78 is 1.24. The molecule has 1 rings (SSSR count). The van der Waals surface area contributed by atoms with E-state index in [-0.39, 0.29) is 0 Å². The Morgan fingerprint density at radius 1 is 1.20 bits per heavy atom. The van der Waals surface area contributed by atoms with Gasteiger partial charge in [0, 0.05) is 23.6 Å². The summed E-state index contributed by atoms with van der Waals surface area (Å²) in [7, 11) is 4.07. The smallest absolute Gasteiger partial charge is 0.107 e. The van der Waals surface area contributed by atoms with Gasteiger partial charge in [0.2, 0.25) is 0 Å². The zero-order valence-corrected chi connectivity index (χ0v) is 11.8. The van der Waals surface area contributed by atoms with E-state index in [9.17, 15) is 0 Å². The van der Waals surface area contributed by atoms with E-state index < -0.39 is 0 Å². The molecule has 0 saturated carbocycles. The van der Waals surface area contributed by atoms with Gasteiger partial charge in [-0.15, -0.1) is 0 Å². The Bertz CT molecular complexity index is 329. The number of halogens is 1. The van der Waals surface area contributed by atoms with E-state index in [2.05, 4.69) is 58.5 Å². The van der Waals surface area contributed by atoms with Crippen LogP contribution >= 0.6 is 22.6 Å². The molecule has 0 heterocycles. The van der Waals surface area contributed by atoms with Gasteiger partial charge in [0.05, 0.1) is 5.69 Å². The predicted molar refractivity (Wildman–Crippen MR) is 74.8 cm³/mol. The van der Waals surface area contributed by atoms with Crippen LogP contribution in [0.4, 0.5) is 5.69 Å². The number of aliphatic imine (C=N–C) groups is 1. The molecule has 0 radical (unpaired) electrons. The lowest BCUT2D eigenvalue weighted by molar-refractivity contribution is 0.575. The van der Waals surface area contributed by atoms with Crippen LogP contribution < -0.4 is 0 Å². The minimum absolute atomic E-state index is 0.444. The van der Waals surface area contributed by atoms with Gasteiger partial charge in [-0.05, 0) is 46.9 Å². The predicted octanol–water partition coefficient (Wildman–Crippen LogP) is 3.54. The first kappa shape index (κ1) is 12.5. The van der Waals surface area contributed by atoms with Crippen LogP contribution in [0.2, 0.25) is 0 Å². The van der Waals surface area contributed by atoms with Gasteiger partial charge in [-0.1, -0.05) is 13.8 Å². The highest BCUT2D eigenvalue weighted by Gasteiger charge is 2.07. The number of amidine groups is 1. The first-order valence-electron chi connectivity index (χ1n) is 5.02. The third kappa shape index (κ3) is 3.81. The first-order chi connectivity index (χ1) is 7.00. The molecule has 2 nitrogen and oxygen atoms in total. The lowest BCUT2D eigenvalue weighted by Gasteiger charge is -2.18. The highest BCUT2D eigenvalue weighted by molar-refractivity contribution is 14.1. The minimum Gasteiger partial charge on any atom is -0.366 e. The van der Waals surface area contributed by atoms with Gasteiger partial charge in [0.1, 0.15) is 5.84 Å². The van der Waals surface area contributed by atoms with Crippen molar-refractivity contribution in [3.8, 4) is 0 Å². The second kappa shape index (κ2) is 5.49. The zero-order chi connectivity index (χ0) is 11.4. The molecule has 0 fully saturated rings. The number of nitrogens with zero attached hydrogens (tertiary/aromatic N) is 2. The van der Waals surface area contributed by atoms with Crippen LogP contribution in [-0.4, -0.2) is 24.8 Å². The SMILES string of the molecule is CC(C)C(=Nc1ccc(I)cc1)N(C)C. The Morgan fingerprint density at radius 3 is 2.13 bits per heavy atom. The Balaban J connectivity index is 2.97. The summed E-state index contributed by atoms with van der Waals surface area (Å²) in [6.45, 7) is 4.32. The highest BCUT2D eigenvalue weighted by atomic mass is 127. The molecule has 0 aliphatic rings. The zero-order valence-electron chi connectivity index (χ0n) is 9.66. The van der Waals surface area contributed by atoms with Crippen LogP contribution in [0.5, 0.6) is 0 Å². The van der Waals surface area contributed by atoms with E-state index in [0.717, 1.165) is 11.5 Å². The largest absolute Gasteiger partial charge is 0.366 e. The van der Waals surface area contributed by atoms with Gasteiger partial charge in [0.15, 0.2) is 0 Å². The molecule has 0 aromatic heterocycles. The van der Waals surface area contributed by atoms with E-state index in [1.807, 2.05) is 26.2 Å². The summed E-state index contributed by atoms with van der Waals surface area (Å²) in [5.74, 6) is 1.55. The monoisotopic (exact) mass is 316 g/mol. The number of benzene rings is 1. The van der Waals surface area contributed by atoms with Crippen molar-refractivity contribution >= 4 is 34.1 Å². The number of hydrogen-bond donors (Lipinski definition) is 0. The molecule has 3 heteroatoms. The average Bonchev–Trinajstić information content (AvgIpc) is 2.15. The highest BCUT2D eigenvalue weighted by Crippen LogP contribution is 2.16. The normalized spacial score (nSPS) is 12.0. The summed E-state index contributed by atoms with van der Waals surface area (Å²) in [5.41, 5.74) is 1.02. The van der Waals surface area contributed by atoms with Gasteiger partial charge in [-0.2, -0.15) is 0 Å². The van der Waals surface area contributed by atoms with E-state index in [1.54, 1.807) is 0 Å². The molecule has 0 bridgehead atoms. The fourth-order valence-electron chi connectivity index (χ4n) is 1.39. The maximum absolute atomic E-state index is 4.64. The Morgan fingerprint density at radius 2 is 1.73 bits per heavy atom. The van der Waals surface area contributed by atoms with Crippen LogP contribution in [0, 0.1) is 9.49 Å². The van der Waals surface area contributed by atoms with Gasteiger partial charge in [0.25, 0.3) is 0 Å². The maximum atomic E-state index is 4.64. The third-order valence-electron chi connectivity index (χ3n) is 2.04. The molecule has 0 unspecified atom stereocenters. The fourth-order valence-corrected chi connectivity index (χ4v) is 1.75. The van der Waals surface area contributed by atoms with E-state index >= 15 is 0 Å². The maximum Gasteiger partial charge on any atom is 0.107 e. The lowest BCUT2D eigenvalue weighted by Crippen LogP contribution is -2.26. The average molecular weight is 316 g/mol. The quantitative estimate of drug-likeness (QED) is 0.463. The minimum atomic E-state index is 0.444. The topological polar surface area (TPSA) is 15.6 Å². The molecule has 1 aromatic rings. The van der Waals surface area contributed by atoms with Crippen molar-refractivity contribution < 1.29 is 0 Å². The molecule has 0 amide bonds. The van der Waals surface area contributed by atoms with Crippen molar-refractivity contribution in [2.45, 2.75) is 13.8 Å². The molecule has 0 spiro atoms. The molecule has 0 aliphatic carbocycles. The van der Waals surface area contributed by atoms with E-state index in [1.165, 1.54) is 3.57 Å². The van der Waals surface area contributed by atoms with Crippen molar-refractivity contribution in [1.29, 1.82) is 0 Å². The van der Waals surface area contributed by atoms with Crippen LogP contribution in [-0.2, 0) is 0 Å². The second-order valence-corrected chi connectivity index (χ2v) is 5.24. The summed E-state index contributed by atoms with van der Waals surface area (Å²) in [5, 5.41) is 0. The van der Waals surface area contributed by atoms with Gasteiger partial charge in [-0.25, -0.2) is 4.99 Å². The van der Waals surface area contributed by atoms with Crippen LogP contribution in [0.3, 0.4) is 0 Å². The van der Waals surface area contributed by atoms with Crippen LogP contribution in [0.15, 0.2) is 29.3 Å². The molecule has 82 valence electrons. The summed E-state index contributed by atoms with van der Waals surface area (Å²) >= 11 is 2.30. The van der Waals surface area contributed by atoms with Gasteiger partial charge >= 0.3 is 0 Å². The first-order valence-corrected chi connectivity index (χ1v) is 6.10. The summed E-state index contributed by atoms with van der Waals surface area (Å²) in [6.07, 6.45) is 0. The van der Waals surface area contributed by atoms with Gasteiger partial charge in [-0.3, -0.25) is 0 Å². The van der Waals surface area contributed by atoms with Crippen molar-refractivity contribution in [2.75, 3.05) is 14.1 Å². The molecule has 15 heavy (non-hydrogen) atoms. The molecular weight excluding hydrogens is 299 g/mol. The lowest BCUT2D eigenvalue weighted by atomic mass is 10.2. The molecule has 0 atom stereocenters. The van der Waals surface area contributed by atoms with Crippen LogP contribution in [0.1, 0.15) is 13.8 Å². The van der Waals surface area contributed by atoms with Crippen molar-refractivity contribution in [3.63, 3.8) is 0 Å². The van der Waals surface area contributed by atoms with Crippen molar-refractivity contribution in [3.05, 3.63) is 27.8 Å². The van der Waals surface area contributed by atoms with Crippen LogP contribution in [0.25, 0.3) is 0 Å². The number of hydrogen-bond acceptors (Lipinski definition) is 1. The standard InChI is InChI=1S/C12H17IN2/c1-9(2)12(15(3)4)14-11-7-5-10(13)6-8-11/h5-9H,1-4H3. The Hall–Kier alpha value is -0.580. The molecule has 0 N–H and O–H groups in total. The van der Waals surface area contributed by atoms with Crippen molar-refractivity contribution in [1.82, 2.24) is 4.90 Å². The van der Waals surface area contributed by atoms with Gasteiger partial charge < -0.3 is 4.90 Å². The number of rotatable bonds is 2. The van der Waals surface area contributed by atoms with Crippen molar-refractivity contribution in [2.24, 2.45) is 10.9 Å². The molecular formula is C12H17IN2. The fraction of sp³-hybridized carbons (Fsp3) is 0.417.